The summed E-state index contributed by atoms with van der Waals surface area (Å²) >= 11 is 1.61. The molecular weight excluding hydrogens is 233 g/mol. The van der Waals surface area contributed by atoms with E-state index in [1.165, 1.54) is 12.1 Å². The first kappa shape index (κ1) is 12.2. The van der Waals surface area contributed by atoms with Crippen molar-refractivity contribution in [1.29, 1.82) is 0 Å². The van der Waals surface area contributed by atoms with Crippen molar-refractivity contribution in [2.24, 2.45) is 5.73 Å². The van der Waals surface area contributed by atoms with Crippen LogP contribution in [0.15, 0.2) is 41.1 Å². The van der Waals surface area contributed by atoms with Crippen LogP contribution >= 0.6 is 23.7 Å². The van der Waals surface area contributed by atoms with Crippen molar-refractivity contribution >= 4 is 23.7 Å². The molecule has 15 heavy (non-hydrogen) atoms. The normalized spacial score (nSPS) is 11.9. The molecule has 4 heteroatoms. The molecule has 0 fully saturated rings. The standard InChI is InChI=1S/C11H10FNS.ClH/c12-10-3-1-8(2-4-10)11(13)9-5-6-14-7-9;/h1-7,11H,13H2;1H/t11-;/m1./s1. The Morgan fingerprint density at radius 2 is 1.73 bits per heavy atom. The zero-order valence-corrected chi connectivity index (χ0v) is 9.52. The SMILES string of the molecule is Cl.N[C@H](c1ccc(F)cc1)c1ccsc1. The van der Waals surface area contributed by atoms with Crippen molar-refractivity contribution in [2.75, 3.05) is 0 Å². The van der Waals surface area contributed by atoms with Crippen molar-refractivity contribution in [2.45, 2.75) is 6.04 Å². The third kappa shape index (κ3) is 2.78. The number of benzene rings is 1. The van der Waals surface area contributed by atoms with Crippen LogP contribution in [0.3, 0.4) is 0 Å². The van der Waals surface area contributed by atoms with Gasteiger partial charge in [0.2, 0.25) is 0 Å². The Balaban J connectivity index is 0.00000112. The molecule has 1 nitrogen and oxygen atoms in total. The van der Waals surface area contributed by atoms with Crippen LogP contribution in [0.4, 0.5) is 4.39 Å². The molecule has 1 atom stereocenters. The largest absolute Gasteiger partial charge is 0.320 e. The summed E-state index contributed by atoms with van der Waals surface area (Å²) in [6, 6.07) is 8.14. The minimum Gasteiger partial charge on any atom is -0.320 e. The minimum atomic E-state index is -0.230. The Labute approximate surface area is 98.2 Å². The second-order valence-electron chi connectivity index (χ2n) is 3.09. The first-order valence-electron chi connectivity index (χ1n) is 4.30. The van der Waals surface area contributed by atoms with E-state index in [2.05, 4.69) is 0 Å². The highest BCUT2D eigenvalue weighted by atomic mass is 35.5. The fraction of sp³-hybridized carbons (Fsp3) is 0.0909. The lowest BCUT2D eigenvalue weighted by molar-refractivity contribution is 0.626. The summed E-state index contributed by atoms with van der Waals surface area (Å²) in [5, 5.41) is 3.99. The van der Waals surface area contributed by atoms with Gasteiger partial charge in [0.15, 0.2) is 0 Å². The molecule has 1 aromatic heterocycles. The molecule has 2 aromatic rings. The van der Waals surface area contributed by atoms with E-state index in [9.17, 15) is 4.39 Å². The molecule has 2 N–H and O–H groups in total. The Morgan fingerprint density at radius 1 is 1.07 bits per heavy atom. The number of hydrogen-bond acceptors (Lipinski definition) is 2. The zero-order chi connectivity index (χ0) is 9.97. The second kappa shape index (κ2) is 5.26. The second-order valence-corrected chi connectivity index (χ2v) is 3.87. The Morgan fingerprint density at radius 3 is 2.27 bits per heavy atom. The number of nitrogens with two attached hydrogens (primary N) is 1. The van der Waals surface area contributed by atoms with E-state index in [1.54, 1.807) is 23.5 Å². The van der Waals surface area contributed by atoms with Gasteiger partial charge in [-0.15, -0.1) is 12.4 Å². The summed E-state index contributed by atoms with van der Waals surface area (Å²) in [6.07, 6.45) is 0. The smallest absolute Gasteiger partial charge is 0.123 e. The quantitative estimate of drug-likeness (QED) is 0.860. The van der Waals surface area contributed by atoms with Crippen molar-refractivity contribution in [1.82, 2.24) is 0 Å². The van der Waals surface area contributed by atoms with Gasteiger partial charge < -0.3 is 5.73 Å². The topological polar surface area (TPSA) is 26.0 Å². The predicted octanol–water partition coefficient (Wildman–Crippen LogP) is 3.36. The predicted molar refractivity (Wildman–Crippen MR) is 64.0 cm³/mol. The van der Waals surface area contributed by atoms with E-state index in [0.29, 0.717) is 0 Å². The highest BCUT2D eigenvalue weighted by Crippen LogP contribution is 2.21. The summed E-state index contributed by atoms with van der Waals surface area (Å²) in [7, 11) is 0. The maximum absolute atomic E-state index is 12.7. The maximum atomic E-state index is 12.7. The van der Waals surface area contributed by atoms with Crippen LogP contribution in [0, 0.1) is 5.82 Å². The van der Waals surface area contributed by atoms with Gasteiger partial charge in [-0.3, -0.25) is 0 Å². The van der Waals surface area contributed by atoms with E-state index >= 15 is 0 Å². The molecule has 1 heterocycles. The third-order valence-corrected chi connectivity index (χ3v) is 2.83. The van der Waals surface area contributed by atoms with E-state index in [4.69, 9.17) is 5.73 Å². The lowest BCUT2D eigenvalue weighted by Gasteiger charge is -2.09. The summed E-state index contributed by atoms with van der Waals surface area (Å²) in [5.41, 5.74) is 8.00. The van der Waals surface area contributed by atoms with Crippen molar-refractivity contribution in [3.63, 3.8) is 0 Å². The molecule has 0 radical (unpaired) electrons. The van der Waals surface area contributed by atoms with Gasteiger partial charge in [-0.05, 0) is 40.1 Å². The van der Waals surface area contributed by atoms with E-state index < -0.39 is 0 Å². The first-order valence-corrected chi connectivity index (χ1v) is 5.25. The minimum absolute atomic E-state index is 0. The fourth-order valence-electron chi connectivity index (χ4n) is 1.31. The molecule has 0 aliphatic heterocycles. The van der Waals surface area contributed by atoms with Gasteiger partial charge in [-0.1, -0.05) is 12.1 Å². The summed E-state index contributed by atoms with van der Waals surface area (Å²) in [6.45, 7) is 0. The average molecular weight is 244 g/mol. The van der Waals surface area contributed by atoms with Crippen LogP contribution in [0.5, 0.6) is 0 Å². The number of hydrogen-bond donors (Lipinski definition) is 1. The van der Waals surface area contributed by atoms with E-state index in [-0.39, 0.29) is 24.3 Å². The lowest BCUT2D eigenvalue weighted by atomic mass is 10.0. The van der Waals surface area contributed by atoms with Gasteiger partial charge in [-0.2, -0.15) is 11.3 Å². The Bertz CT molecular complexity index is 399. The molecule has 1 aromatic carbocycles. The van der Waals surface area contributed by atoms with Gasteiger partial charge in [0, 0.05) is 0 Å². The van der Waals surface area contributed by atoms with Crippen LogP contribution in [-0.4, -0.2) is 0 Å². The lowest BCUT2D eigenvalue weighted by Crippen LogP contribution is -2.10. The summed E-state index contributed by atoms with van der Waals surface area (Å²) in [4.78, 5) is 0. The van der Waals surface area contributed by atoms with Gasteiger partial charge >= 0.3 is 0 Å². The fourth-order valence-corrected chi connectivity index (χ4v) is 2.01. The van der Waals surface area contributed by atoms with Gasteiger partial charge in [-0.25, -0.2) is 4.39 Å². The van der Waals surface area contributed by atoms with Crippen LogP contribution in [0.2, 0.25) is 0 Å². The molecule has 80 valence electrons. The van der Waals surface area contributed by atoms with Gasteiger partial charge in [0.1, 0.15) is 5.82 Å². The van der Waals surface area contributed by atoms with Crippen molar-refractivity contribution in [3.05, 3.63) is 58.0 Å². The third-order valence-electron chi connectivity index (χ3n) is 2.13. The van der Waals surface area contributed by atoms with Crippen LogP contribution in [0.25, 0.3) is 0 Å². The summed E-state index contributed by atoms with van der Waals surface area (Å²) in [5.74, 6) is -0.230. The highest BCUT2D eigenvalue weighted by molar-refractivity contribution is 7.08. The molecule has 0 spiro atoms. The molecule has 0 saturated carbocycles. The average Bonchev–Trinajstić information content (AvgIpc) is 2.71. The number of halogens is 2. The monoisotopic (exact) mass is 243 g/mol. The Kier molecular flexibility index (Phi) is 4.27. The van der Waals surface area contributed by atoms with Crippen molar-refractivity contribution in [3.8, 4) is 0 Å². The highest BCUT2D eigenvalue weighted by Gasteiger charge is 2.08. The van der Waals surface area contributed by atoms with Crippen LogP contribution in [0.1, 0.15) is 17.2 Å². The van der Waals surface area contributed by atoms with E-state index in [0.717, 1.165) is 11.1 Å². The Hall–Kier alpha value is -0.900. The van der Waals surface area contributed by atoms with Gasteiger partial charge in [0.05, 0.1) is 6.04 Å². The summed E-state index contributed by atoms with van der Waals surface area (Å²) < 4.78 is 12.7. The molecular formula is C11H11ClFNS. The van der Waals surface area contributed by atoms with E-state index in [1.807, 2.05) is 16.8 Å². The van der Waals surface area contributed by atoms with Crippen molar-refractivity contribution < 1.29 is 4.39 Å². The first-order chi connectivity index (χ1) is 6.77. The molecule has 0 aliphatic rings. The van der Waals surface area contributed by atoms with Crippen LogP contribution in [-0.2, 0) is 0 Å². The molecule has 2 rings (SSSR count). The van der Waals surface area contributed by atoms with Gasteiger partial charge in [0.25, 0.3) is 0 Å². The number of thiophene rings is 1. The van der Waals surface area contributed by atoms with Crippen LogP contribution < -0.4 is 5.73 Å². The molecule has 0 amide bonds. The molecule has 0 aliphatic carbocycles. The zero-order valence-electron chi connectivity index (χ0n) is 7.89. The molecule has 0 bridgehead atoms. The maximum Gasteiger partial charge on any atom is 0.123 e. The molecule has 0 saturated heterocycles. The number of rotatable bonds is 2. The molecule has 0 unspecified atom stereocenters.